The van der Waals surface area contributed by atoms with E-state index in [-0.39, 0.29) is 22.1 Å². The van der Waals surface area contributed by atoms with Gasteiger partial charge >= 0.3 is 11.9 Å². The van der Waals surface area contributed by atoms with Gasteiger partial charge in [0.1, 0.15) is 0 Å². The predicted octanol–water partition coefficient (Wildman–Crippen LogP) is 5.73. The quantitative estimate of drug-likeness (QED) is 0.583. The smallest absolute Gasteiger partial charge is 0.337 e. The molecular weight excluding hydrogens is 424 g/mol. The van der Waals surface area contributed by atoms with Crippen LogP contribution in [0.4, 0.5) is 0 Å². The van der Waals surface area contributed by atoms with Gasteiger partial charge in [0, 0.05) is 11.1 Å². The summed E-state index contributed by atoms with van der Waals surface area (Å²) in [4.78, 5) is 22.9. The van der Waals surface area contributed by atoms with Gasteiger partial charge in [-0.15, -0.1) is 0 Å². The summed E-state index contributed by atoms with van der Waals surface area (Å²) in [6.45, 7) is 4.98. The fourth-order valence-electron chi connectivity index (χ4n) is 7.94. The second-order valence-electron chi connectivity index (χ2n) is 11.3. The topological polar surface area (TPSA) is 74.6 Å². The van der Waals surface area contributed by atoms with Crippen molar-refractivity contribution in [2.45, 2.75) is 57.8 Å². The van der Waals surface area contributed by atoms with Crippen LogP contribution in [0, 0.1) is 40.4 Å². The first kappa shape index (κ1) is 22.3. The molecule has 4 aliphatic rings. The van der Waals surface area contributed by atoms with E-state index in [4.69, 9.17) is 0 Å². The molecule has 4 fully saturated rings. The van der Waals surface area contributed by atoms with Crippen LogP contribution in [0.25, 0.3) is 0 Å². The normalized spacial score (nSPS) is 30.6. The zero-order valence-corrected chi connectivity index (χ0v) is 19.6. The van der Waals surface area contributed by atoms with Gasteiger partial charge in [-0.2, -0.15) is 0 Å². The lowest BCUT2D eigenvalue weighted by Gasteiger charge is -2.65. The largest absolute Gasteiger partial charge is 0.478 e. The molecule has 0 spiro atoms. The minimum atomic E-state index is -1.32. The van der Waals surface area contributed by atoms with Crippen LogP contribution in [-0.2, 0) is 5.41 Å². The van der Waals surface area contributed by atoms with E-state index in [1.54, 1.807) is 0 Å². The number of benzene rings is 2. The standard InChI is InChI=1S/C30H28O4/c1-28-14-21-15-29(2,17-28)19-30(16-21,18-28)23-12-10-20(11-13-23)6-3-4-7-22-8-5-9-24(26(31)32)25(22)27(33)34/h5,8-13,21H,14-19H2,1-2H3,(H,31,32)(H,33,34). The second-order valence-corrected chi connectivity index (χ2v) is 11.3. The first-order chi connectivity index (χ1) is 16.1. The first-order valence-corrected chi connectivity index (χ1v) is 11.8. The summed E-state index contributed by atoms with van der Waals surface area (Å²) in [5, 5.41) is 18.6. The molecule has 6 rings (SSSR count). The van der Waals surface area contributed by atoms with Gasteiger partial charge in [-0.05, 0) is 102 Å². The van der Waals surface area contributed by atoms with Gasteiger partial charge in [0.05, 0.1) is 11.1 Å². The maximum atomic E-state index is 11.5. The van der Waals surface area contributed by atoms with Crippen molar-refractivity contribution in [3.05, 3.63) is 70.3 Å². The summed E-state index contributed by atoms with van der Waals surface area (Å²) < 4.78 is 0. The zero-order chi connectivity index (χ0) is 24.1. The molecule has 0 aromatic heterocycles. The molecule has 4 bridgehead atoms. The molecule has 0 saturated heterocycles. The third kappa shape index (κ3) is 3.88. The Morgan fingerprint density at radius 3 is 2.06 bits per heavy atom. The highest BCUT2D eigenvalue weighted by Gasteiger charge is 2.60. The van der Waals surface area contributed by atoms with Crippen molar-refractivity contribution in [1.29, 1.82) is 0 Å². The Morgan fingerprint density at radius 1 is 0.824 bits per heavy atom. The Hall–Kier alpha value is -3.50. The summed E-state index contributed by atoms with van der Waals surface area (Å²) in [7, 11) is 0. The lowest BCUT2D eigenvalue weighted by Crippen LogP contribution is -2.56. The van der Waals surface area contributed by atoms with Gasteiger partial charge in [-0.25, -0.2) is 9.59 Å². The van der Waals surface area contributed by atoms with Crippen LogP contribution in [0.5, 0.6) is 0 Å². The van der Waals surface area contributed by atoms with Crippen LogP contribution in [0.15, 0.2) is 42.5 Å². The van der Waals surface area contributed by atoms with E-state index in [9.17, 15) is 19.8 Å². The molecule has 4 aliphatic carbocycles. The minimum absolute atomic E-state index is 0.140. The maximum Gasteiger partial charge on any atom is 0.337 e. The summed E-state index contributed by atoms with van der Waals surface area (Å²) in [5.41, 5.74) is 3.06. The first-order valence-electron chi connectivity index (χ1n) is 11.8. The Labute approximate surface area is 200 Å². The SMILES string of the molecule is CC12CC3CC(C)(C1)CC(c1ccc(C#CC#Cc4cccc(C(=O)O)c4C(=O)O)cc1)(C3)C2. The fourth-order valence-corrected chi connectivity index (χ4v) is 7.94. The minimum Gasteiger partial charge on any atom is -0.478 e. The molecule has 2 aromatic carbocycles. The van der Waals surface area contributed by atoms with Gasteiger partial charge in [0.15, 0.2) is 0 Å². The average Bonchev–Trinajstić information content (AvgIpc) is 2.74. The number of hydrogen-bond acceptors (Lipinski definition) is 2. The van der Waals surface area contributed by atoms with Crippen LogP contribution >= 0.6 is 0 Å². The van der Waals surface area contributed by atoms with Crippen LogP contribution in [0.3, 0.4) is 0 Å². The van der Waals surface area contributed by atoms with E-state index < -0.39 is 11.9 Å². The maximum absolute atomic E-state index is 11.5. The van der Waals surface area contributed by atoms with E-state index in [1.807, 2.05) is 0 Å². The molecule has 0 radical (unpaired) electrons. The molecule has 2 N–H and O–H groups in total. The number of carboxylic acids is 2. The van der Waals surface area contributed by atoms with Gasteiger partial charge in [0.2, 0.25) is 0 Å². The second kappa shape index (κ2) is 7.78. The van der Waals surface area contributed by atoms with Gasteiger partial charge in [0.25, 0.3) is 0 Å². The molecule has 2 atom stereocenters. The van der Waals surface area contributed by atoms with Crippen LogP contribution in [0.1, 0.15) is 89.8 Å². The van der Waals surface area contributed by atoms with E-state index in [2.05, 4.69) is 61.8 Å². The highest BCUT2D eigenvalue weighted by molar-refractivity contribution is 6.03. The molecular formula is C30H28O4. The molecule has 172 valence electrons. The number of rotatable bonds is 3. The third-order valence-corrected chi connectivity index (χ3v) is 8.10. The van der Waals surface area contributed by atoms with E-state index in [0.717, 1.165) is 11.5 Å². The van der Waals surface area contributed by atoms with Crippen LogP contribution < -0.4 is 0 Å². The fraction of sp³-hybridized carbons (Fsp3) is 0.400. The van der Waals surface area contributed by atoms with Crippen molar-refractivity contribution in [1.82, 2.24) is 0 Å². The van der Waals surface area contributed by atoms with Crippen molar-refractivity contribution in [3.63, 3.8) is 0 Å². The average molecular weight is 453 g/mol. The van der Waals surface area contributed by atoms with E-state index in [1.165, 1.54) is 62.3 Å². The number of hydrogen-bond donors (Lipinski definition) is 2. The molecule has 4 saturated carbocycles. The Morgan fingerprint density at radius 2 is 1.47 bits per heavy atom. The zero-order valence-electron chi connectivity index (χ0n) is 19.6. The van der Waals surface area contributed by atoms with Crippen LogP contribution in [-0.4, -0.2) is 22.2 Å². The summed E-state index contributed by atoms with van der Waals surface area (Å²) in [6.07, 6.45) is 7.99. The summed E-state index contributed by atoms with van der Waals surface area (Å²) >= 11 is 0. The predicted molar refractivity (Wildman–Crippen MR) is 130 cm³/mol. The molecule has 34 heavy (non-hydrogen) atoms. The number of carbonyl (C=O) groups is 2. The summed E-state index contributed by atoms with van der Waals surface area (Å²) in [6, 6.07) is 12.8. The van der Waals surface area contributed by atoms with Crippen molar-refractivity contribution < 1.29 is 19.8 Å². The third-order valence-electron chi connectivity index (χ3n) is 8.10. The van der Waals surface area contributed by atoms with Gasteiger partial charge in [-0.3, -0.25) is 0 Å². The van der Waals surface area contributed by atoms with Crippen molar-refractivity contribution >= 4 is 11.9 Å². The molecule has 4 heteroatoms. The van der Waals surface area contributed by atoms with Gasteiger partial charge in [-0.1, -0.05) is 43.9 Å². The molecule has 4 nitrogen and oxygen atoms in total. The molecule has 0 heterocycles. The molecule has 2 aromatic rings. The Kier molecular flexibility index (Phi) is 5.10. The van der Waals surface area contributed by atoms with E-state index in [0.29, 0.717) is 10.8 Å². The number of carboxylic acid groups (broad SMARTS) is 2. The van der Waals surface area contributed by atoms with Crippen LogP contribution in [0.2, 0.25) is 0 Å². The number of aromatic carboxylic acids is 2. The molecule has 0 amide bonds. The lowest BCUT2D eigenvalue weighted by atomic mass is 9.39. The van der Waals surface area contributed by atoms with E-state index >= 15 is 0 Å². The van der Waals surface area contributed by atoms with Crippen molar-refractivity contribution in [2.24, 2.45) is 16.7 Å². The Balaban J connectivity index is 1.37. The highest BCUT2D eigenvalue weighted by Crippen LogP contribution is 2.69. The summed E-state index contributed by atoms with van der Waals surface area (Å²) in [5.74, 6) is 9.41. The highest BCUT2D eigenvalue weighted by atomic mass is 16.4. The monoisotopic (exact) mass is 452 g/mol. The van der Waals surface area contributed by atoms with Crippen molar-refractivity contribution in [3.8, 4) is 23.7 Å². The van der Waals surface area contributed by atoms with Crippen molar-refractivity contribution in [2.75, 3.05) is 0 Å². The molecule has 0 aliphatic heterocycles. The molecule has 2 unspecified atom stereocenters. The van der Waals surface area contributed by atoms with Gasteiger partial charge < -0.3 is 10.2 Å². The lowest BCUT2D eigenvalue weighted by molar-refractivity contribution is -0.110. The Bertz CT molecular complexity index is 1290.